The van der Waals surface area contributed by atoms with Crippen LogP contribution >= 0.6 is 11.3 Å². The Labute approximate surface area is 112 Å². The molecule has 0 spiro atoms. The molecule has 19 heavy (non-hydrogen) atoms. The van der Waals surface area contributed by atoms with Crippen LogP contribution in [-0.2, 0) is 6.54 Å². The van der Waals surface area contributed by atoms with E-state index in [1.807, 2.05) is 0 Å². The molecular formula is C13H12N2O3S. The number of hydrogen-bond acceptors (Lipinski definition) is 5. The van der Waals surface area contributed by atoms with Gasteiger partial charge in [0.2, 0.25) is 0 Å². The van der Waals surface area contributed by atoms with Gasteiger partial charge in [0.15, 0.2) is 16.3 Å². The van der Waals surface area contributed by atoms with Crippen molar-refractivity contribution in [1.82, 2.24) is 4.57 Å². The van der Waals surface area contributed by atoms with Crippen molar-refractivity contribution in [3.8, 4) is 11.5 Å². The summed E-state index contributed by atoms with van der Waals surface area (Å²) in [6.45, 7) is 1.31. The van der Waals surface area contributed by atoms with Crippen LogP contribution in [0.4, 0.5) is 0 Å². The number of thiazole rings is 1. The average molecular weight is 276 g/mol. The summed E-state index contributed by atoms with van der Waals surface area (Å²) in [7, 11) is 1.49. The summed E-state index contributed by atoms with van der Waals surface area (Å²) >= 11 is 1.34. The lowest BCUT2D eigenvalue weighted by Gasteiger charge is -2.04. The lowest BCUT2D eigenvalue weighted by atomic mass is 10.2. The monoisotopic (exact) mass is 276 g/mol. The fourth-order valence-electron chi connectivity index (χ4n) is 2.03. The number of hydrogen-bond donors (Lipinski definition) is 1. The van der Waals surface area contributed by atoms with Crippen LogP contribution in [0.2, 0.25) is 0 Å². The first-order valence-corrected chi connectivity index (χ1v) is 6.64. The summed E-state index contributed by atoms with van der Waals surface area (Å²) in [6.07, 6.45) is 1.67. The fraction of sp³-hybridized carbons (Fsp3) is 0.231. The van der Waals surface area contributed by atoms with Gasteiger partial charge in [-0.1, -0.05) is 23.5 Å². The van der Waals surface area contributed by atoms with Crippen molar-refractivity contribution in [3.63, 3.8) is 0 Å². The van der Waals surface area contributed by atoms with Crippen molar-refractivity contribution >= 4 is 17.4 Å². The molecule has 2 heterocycles. The number of aromatic nitrogens is 1. The van der Waals surface area contributed by atoms with E-state index in [-0.39, 0.29) is 11.3 Å². The van der Waals surface area contributed by atoms with E-state index in [4.69, 9.17) is 4.74 Å². The molecule has 1 aromatic heterocycles. The van der Waals surface area contributed by atoms with Gasteiger partial charge in [0.05, 0.1) is 18.2 Å². The SMILES string of the molecule is COc1cccc(/C=c2\sc3n(c2=O)CCN=3)c1O. The Bertz CT molecular complexity index is 804. The molecule has 0 saturated carbocycles. The van der Waals surface area contributed by atoms with E-state index in [1.165, 1.54) is 18.4 Å². The third-order valence-corrected chi connectivity index (χ3v) is 4.04. The minimum Gasteiger partial charge on any atom is -0.504 e. The zero-order valence-corrected chi connectivity index (χ0v) is 11.1. The van der Waals surface area contributed by atoms with Gasteiger partial charge in [0.1, 0.15) is 0 Å². The van der Waals surface area contributed by atoms with Crippen LogP contribution in [0.1, 0.15) is 5.56 Å². The Balaban J connectivity index is 2.20. The molecule has 0 amide bonds. The maximum absolute atomic E-state index is 12.1. The highest BCUT2D eigenvalue weighted by Crippen LogP contribution is 2.29. The maximum Gasteiger partial charge on any atom is 0.270 e. The molecule has 0 bridgehead atoms. The number of phenols is 1. The van der Waals surface area contributed by atoms with E-state index >= 15 is 0 Å². The molecule has 6 heteroatoms. The molecule has 5 nitrogen and oxygen atoms in total. The summed E-state index contributed by atoms with van der Waals surface area (Å²) in [5.41, 5.74) is 0.514. The van der Waals surface area contributed by atoms with Gasteiger partial charge >= 0.3 is 0 Å². The molecule has 1 aromatic carbocycles. The van der Waals surface area contributed by atoms with Crippen molar-refractivity contribution in [2.75, 3.05) is 13.7 Å². The summed E-state index contributed by atoms with van der Waals surface area (Å²) in [5.74, 6) is 0.433. The van der Waals surface area contributed by atoms with Crippen LogP contribution in [0, 0.1) is 0 Å². The first-order valence-electron chi connectivity index (χ1n) is 5.82. The summed E-state index contributed by atoms with van der Waals surface area (Å²) in [6, 6.07) is 5.18. The molecule has 2 aromatic rings. The molecule has 0 radical (unpaired) electrons. The van der Waals surface area contributed by atoms with Crippen molar-refractivity contribution in [1.29, 1.82) is 0 Å². The molecule has 0 aliphatic carbocycles. The van der Waals surface area contributed by atoms with Gasteiger partial charge in [-0.05, 0) is 12.1 Å². The predicted molar refractivity (Wildman–Crippen MR) is 72.5 cm³/mol. The van der Waals surface area contributed by atoms with E-state index in [0.29, 0.717) is 28.9 Å². The van der Waals surface area contributed by atoms with Gasteiger partial charge in [-0.15, -0.1) is 0 Å². The maximum atomic E-state index is 12.1. The van der Waals surface area contributed by atoms with Gasteiger partial charge < -0.3 is 9.84 Å². The topological polar surface area (TPSA) is 63.8 Å². The molecule has 1 aliphatic rings. The second-order valence-electron chi connectivity index (χ2n) is 4.13. The van der Waals surface area contributed by atoms with Crippen LogP contribution in [0.5, 0.6) is 11.5 Å². The van der Waals surface area contributed by atoms with E-state index in [9.17, 15) is 9.90 Å². The number of nitrogens with zero attached hydrogens (tertiary/aromatic N) is 2. The predicted octanol–water partition coefficient (Wildman–Crippen LogP) is 0.0860. The average Bonchev–Trinajstić information content (AvgIpc) is 2.97. The van der Waals surface area contributed by atoms with E-state index in [2.05, 4.69) is 4.99 Å². The molecular weight excluding hydrogens is 264 g/mol. The molecule has 0 saturated heterocycles. The van der Waals surface area contributed by atoms with Crippen molar-refractivity contribution in [2.24, 2.45) is 4.99 Å². The van der Waals surface area contributed by atoms with Gasteiger partial charge in [-0.3, -0.25) is 14.4 Å². The van der Waals surface area contributed by atoms with Crippen LogP contribution in [0.3, 0.4) is 0 Å². The van der Waals surface area contributed by atoms with Gasteiger partial charge in [0, 0.05) is 12.1 Å². The summed E-state index contributed by atoms with van der Waals surface area (Å²) in [4.78, 5) is 17.1. The molecule has 3 rings (SSSR count). The highest BCUT2D eigenvalue weighted by Gasteiger charge is 2.11. The van der Waals surface area contributed by atoms with Crippen molar-refractivity contribution in [3.05, 3.63) is 43.5 Å². The zero-order chi connectivity index (χ0) is 13.4. The Kier molecular flexibility index (Phi) is 2.87. The lowest BCUT2D eigenvalue weighted by molar-refractivity contribution is 0.373. The van der Waals surface area contributed by atoms with Gasteiger partial charge in [0.25, 0.3) is 5.56 Å². The number of rotatable bonds is 2. The van der Waals surface area contributed by atoms with Gasteiger partial charge in [-0.2, -0.15) is 0 Å². The third-order valence-electron chi connectivity index (χ3n) is 3.00. The quantitative estimate of drug-likeness (QED) is 0.845. The standard InChI is InChI=1S/C13H12N2O3S/c1-18-9-4-2-3-8(11(9)16)7-10-12(17)15-6-5-14-13(15)19-10/h2-4,7,16H,5-6H2,1H3/b10-7-. The molecule has 1 N–H and O–H groups in total. The highest BCUT2D eigenvalue weighted by molar-refractivity contribution is 7.07. The van der Waals surface area contributed by atoms with E-state index in [1.54, 1.807) is 28.8 Å². The number of para-hydroxylation sites is 1. The number of benzene rings is 1. The summed E-state index contributed by atoms with van der Waals surface area (Å²) < 4.78 is 7.28. The van der Waals surface area contributed by atoms with Crippen LogP contribution in [0.25, 0.3) is 6.08 Å². The zero-order valence-electron chi connectivity index (χ0n) is 10.3. The van der Waals surface area contributed by atoms with Gasteiger partial charge in [-0.25, -0.2) is 0 Å². The first kappa shape index (κ1) is 12.0. The second-order valence-corrected chi connectivity index (χ2v) is 5.14. The van der Waals surface area contributed by atoms with E-state index < -0.39 is 0 Å². The third kappa shape index (κ3) is 1.94. The second kappa shape index (κ2) is 4.55. The van der Waals surface area contributed by atoms with Crippen molar-refractivity contribution in [2.45, 2.75) is 6.54 Å². The Morgan fingerprint density at radius 2 is 2.37 bits per heavy atom. The summed E-state index contributed by atoms with van der Waals surface area (Å²) in [5, 5.41) is 10.0. The van der Waals surface area contributed by atoms with Crippen LogP contribution in [0.15, 0.2) is 28.0 Å². The number of phenolic OH excluding ortho intramolecular Hbond substituents is 1. The highest BCUT2D eigenvalue weighted by atomic mass is 32.1. The fourth-order valence-corrected chi connectivity index (χ4v) is 3.05. The molecule has 0 unspecified atom stereocenters. The lowest BCUT2D eigenvalue weighted by Crippen LogP contribution is -2.29. The minimum absolute atomic E-state index is 0.0416. The van der Waals surface area contributed by atoms with Crippen LogP contribution < -0.4 is 19.6 Å². The molecule has 98 valence electrons. The normalized spacial score (nSPS) is 14.3. The molecule has 0 atom stereocenters. The van der Waals surface area contributed by atoms with Crippen molar-refractivity contribution < 1.29 is 9.84 Å². The Morgan fingerprint density at radius 1 is 1.53 bits per heavy atom. The van der Waals surface area contributed by atoms with Crippen LogP contribution in [-0.4, -0.2) is 23.3 Å². The largest absolute Gasteiger partial charge is 0.504 e. The smallest absolute Gasteiger partial charge is 0.270 e. The number of ether oxygens (including phenoxy) is 1. The molecule has 1 aliphatic heterocycles. The Hall–Kier alpha value is -2.08. The molecule has 0 fully saturated rings. The minimum atomic E-state index is -0.0523. The first-order chi connectivity index (χ1) is 9.20. The Morgan fingerprint density at radius 3 is 3.11 bits per heavy atom. The number of methoxy groups -OCH3 is 1. The van der Waals surface area contributed by atoms with E-state index in [0.717, 1.165) is 4.80 Å². The number of fused-ring (bicyclic) bond motifs is 1. The number of aromatic hydroxyl groups is 1.